The smallest absolute Gasteiger partial charge is 0.323 e. The van der Waals surface area contributed by atoms with Gasteiger partial charge < -0.3 is 19.7 Å². The molecule has 8 heteroatoms. The molecule has 1 aliphatic rings. The van der Waals surface area contributed by atoms with E-state index in [1.165, 1.54) is 0 Å². The van der Waals surface area contributed by atoms with Crippen LogP contribution in [0.3, 0.4) is 0 Å². The summed E-state index contributed by atoms with van der Waals surface area (Å²) in [6.07, 6.45) is 0. The second kappa shape index (κ2) is 10.4. The first-order chi connectivity index (χ1) is 15.6. The number of methoxy groups -OCH3 is 1. The normalized spacial score (nSPS) is 15.5. The van der Waals surface area contributed by atoms with Crippen LogP contribution in [0.5, 0.6) is 11.5 Å². The predicted octanol–water partition coefficient (Wildman–Crippen LogP) is 6.86. The van der Waals surface area contributed by atoms with Crippen molar-refractivity contribution in [2.45, 2.75) is 12.0 Å². The Hall–Kier alpha value is -2.54. The standard InChI is InChI=1S/C24H22Cl2N2O3S/c1-30-20-11-10-17(14-21(20)31-15-16-6-3-2-4-7-16)23-28(12-13-32-23)24(29)27-22-18(25)8-5-9-19(22)26/h2-11,14,23H,12-13,15H2,1H3,(H,27,29)/t23-/m0/s1. The van der Waals surface area contributed by atoms with Gasteiger partial charge in [-0.25, -0.2) is 4.79 Å². The van der Waals surface area contributed by atoms with Crippen LogP contribution >= 0.6 is 35.0 Å². The number of para-hydroxylation sites is 1. The molecule has 3 aromatic carbocycles. The zero-order valence-corrected chi connectivity index (χ0v) is 19.7. The summed E-state index contributed by atoms with van der Waals surface area (Å²) in [5, 5.41) is 3.49. The molecule has 166 valence electrons. The van der Waals surface area contributed by atoms with Crippen molar-refractivity contribution < 1.29 is 14.3 Å². The fourth-order valence-corrected chi connectivity index (χ4v) is 5.18. The number of rotatable bonds is 6. The molecule has 1 fully saturated rings. The van der Waals surface area contributed by atoms with E-state index < -0.39 is 0 Å². The van der Waals surface area contributed by atoms with Crippen molar-refractivity contribution >= 4 is 46.7 Å². The van der Waals surface area contributed by atoms with Crippen molar-refractivity contribution in [3.05, 3.63) is 87.9 Å². The number of nitrogens with one attached hydrogen (secondary N) is 1. The largest absolute Gasteiger partial charge is 0.493 e. The lowest BCUT2D eigenvalue weighted by Crippen LogP contribution is -2.34. The Morgan fingerprint density at radius 1 is 1.06 bits per heavy atom. The monoisotopic (exact) mass is 488 g/mol. The zero-order valence-electron chi connectivity index (χ0n) is 17.4. The molecule has 0 saturated carbocycles. The zero-order chi connectivity index (χ0) is 22.5. The van der Waals surface area contributed by atoms with Crippen LogP contribution in [-0.2, 0) is 6.61 Å². The van der Waals surface area contributed by atoms with Crippen LogP contribution in [0.2, 0.25) is 10.0 Å². The lowest BCUT2D eigenvalue weighted by atomic mass is 10.1. The summed E-state index contributed by atoms with van der Waals surface area (Å²) in [6, 6.07) is 20.6. The van der Waals surface area contributed by atoms with Gasteiger partial charge in [0.05, 0.1) is 22.8 Å². The summed E-state index contributed by atoms with van der Waals surface area (Å²) in [7, 11) is 1.61. The molecule has 1 atom stereocenters. The molecule has 0 aliphatic carbocycles. The minimum atomic E-state index is -0.252. The van der Waals surface area contributed by atoms with Gasteiger partial charge in [-0.15, -0.1) is 11.8 Å². The maximum atomic E-state index is 13.0. The van der Waals surface area contributed by atoms with Gasteiger partial charge in [-0.3, -0.25) is 0 Å². The van der Waals surface area contributed by atoms with E-state index in [4.69, 9.17) is 32.7 Å². The number of amides is 2. The molecular formula is C24H22Cl2N2O3S. The average Bonchev–Trinajstić information content (AvgIpc) is 3.31. The van der Waals surface area contributed by atoms with Crippen molar-refractivity contribution in [1.29, 1.82) is 0 Å². The molecule has 3 aromatic rings. The van der Waals surface area contributed by atoms with Gasteiger partial charge in [0.25, 0.3) is 0 Å². The molecule has 2 amide bonds. The van der Waals surface area contributed by atoms with E-state index in [9.17, 15) is 4.79 Å². The Balaban J connectivity index is 1.53. The van der Waals surface area contributed by atoms with Crippen LogP contribution in [0.1, 0.15) is 16.5 Å². The molecule has 1 aliphatic heterocycles. The van der Waals surface area contributed by atoms with Gasteiger partial charge >= 0.3 is 6.03 Å². The first kappa shape index (κ1) is 22.6. The maximum Gasteiger partial charge on any atom is 0.323 e. The minimum absolute atomic E-state index is 0.166. The SMILES string of the molecule is COc1ccc([C@@H]2SCCN2C(=O)Nc2c(Cl)cccc2Cl)cc1OCc1ccccc1. The van der Waals surface area contributed by atoms with Gasteiger partial charge in [-0.05, 0) is 35.4 Å². The summed E-state index contributed by atoms with van der Waals surface area (Å²) in [5.74, 6) is 2.10. The van der Waals surface area contributed by atoms with Gasteiger partial charge in [0.15, 0.2) is 11.5 Å². The van der Waals surface area contributed by atoms with Crippen LogP contribution in [0, 0.1) is 0 Å². The van der Waals surface area contributed by atoms with Crippen LogP contribution in [0.25, 0.3) is 0 Å². The second-order valence-corrected chi connectivity index (χ2v) is 9.13. The number of carbonyl (C=O) groups excluding carboxylic acids is 1. The first-order valence-electron chi connectivity index (χ1n) is 10.0. The number of nitrogens with zero attached hydrogens (tertiary/aromatic N) is 1. The number of urea groups is 1. The fourth-order valence-electron chi connectivity index (χ4n) is 3.45. The number of anilines is 1. The van der Waals surface area contributed by atoms with Gasteiger partial charge in [0, 0.05) is 12.3 Å². The van der Waals surface area contributed by atoms with E-state index in [1.54, 1.807) is 42.0 Å². The molecule has 1 N–H and O–H groups in total. The molecule has 0 bridgehead atoms. The average molecular weight is 489 g/mol. The summed E-state index contributed by atoms with van der Waals surface area (Å²) >= 11 is 14.1. The Bertz CT molecular complexity index is 1080. The van der Waals surface area contributed by atoms with E-state index in [-0.39, 0.29) is 11.4 Å². The number of halogens is 2. The van der Waals surface area contributed by atoms with E-state index in [0.29, 0.717) is 40.4 Å². The van der Waals surface area contributed by atoms with Crippen molar-refractivity contribution in [3.63, 3.8) is 0 Å². The molecule has 5 nitrogen and oxygen atoms in total. The fraction of sp³-hybridized carbons (Fsp3) is 0.208. The number of benzene rings is 3. The third-order valence-electron chi connectivity index (χ3n) is 5.06. The third-order valence-corrected chi connectivity index (χ3v) is 6.95. The molecule has 0 spiro atoms. The summed E-state index contributed by atoms with van der Waals surface area (Å²) in [6.45, 7) is 1.03. The number of hydrogen-bond donors (Lipinski definition) is 1. The van der Waals surface area contributed by atoms with Crippen molar-refractivity contribution in [3.8, 4) is 11.5 Å². The van der Waals surface area contributed by atoms with Gasteiger partial charge in [0.1, 0.15) is 12.0 Å². The van der Waals surface area contributed by atoms with E-state index in [2.05, 4.69) is 5.32 Å². The van der Waals surface area contributed by atoms with Crippen LogP contribution < -0.4 is 14.8 Å². The summed E-state index contributed by atoms with van der Waals surface area (Å²) in [5.41, 5.74) is 2.43. The maximum absolute atomic E-state index is 13.0. The number of ether oxygens (including phenoxy) is 2. The second-order valence-electron chi connectivity index (χ2n) is 7.13. The lowest BCUT2D eigenvalue weighted by molar-refractivity contribution is 0.214. The Kier molecular flexibility index (Phi) is 7.35. The highest BCUT2D eigenvalue weighted by Gasteiger charge is 2.32. The summed E-state index contributed by atoms with van der Waals surface area (Å²) in [4.78, 5) is 14.8. The first-order valence-corrected chi connectivity index (χ1v) is 11.8. The topological polar surface area (TPSA) is 50.8 Å². The number of thioether (sulfide) groups is 1. The molecular weight excluding hydrogens is 467 g/mol. The lowest BCUT2D eigenvalue weighted by Gasteiger charge is -2.25. The van der Waals surface area contributed by atoms with E-state index in [0.717, 1.165) is 16.9 Å². The summed E-state index contributed by atoms with van der Waals surface area (Å²) < 4.78 is 11.5. The third kappa shape index (κ3) is 5.09. The van der Waals surface area contributed by atoms with Gasteiger partial charge in [-0.1, -0.05) is 65.7 Å². The Labute approximate surface area is 201 Å². The van der Waals surface area contributed by atoms with Crippen molar-refractivity contribution in [1.82, 2.24) is 4.90 Å². The van der Waals surface area contributed by atoms with Crippen LogP contribution in [0.4, 0.5) is 10.5 Å². The highest BCUT2D eigenvalue weighted by atomic mass is 35.5. The molecule has 4 rings (SSSR count). The Morgan fingerprint density at radius 2 is 1.81 bits per heavy atom. The van der Waals surface area contributed by atoms with Gasteiger partial charge in [0.2, 0.25) is 0 Å². The van der Waals surface area contributed by atoms with E-state index >= 15 is 0 Å². The van der Waals surface area contributed by atoms with Crippen LogP contribution in [0.15, 0.2) is 66.7 Å². The Morgan fingerprint density at radius 3 is 2.53 bits per heavy atom. The molecule has 0 aromatic heterocycles. The molecule has 1 heterocycles. The minimum Gasteiger partial charge on any atom is -0.493 e. The highest BCUT2D eigenvalue weighted by Crippen LogP contribution is 2.42. The predicted molar refractivity (Wildman–Crippen MR) is 131 cm³/mol. The molecule has 0 radical (unpaired) electrons. The van der Waals surface area contributed by atoms with Gasteiger partial charge in [-0.2, -0.15) is 0 Å². The highest BCUT2D eigenvalue weighted by molar-refractivity contribution is 7.99. The van der Waals surface area contributed by atoms with Crippen LogP contribution in [-0.4, -0.2) is 30.3 Å². The quantitative estimate of drug-likeness (QED) is 0.411. The van der Waals surface area contributed by atoms with Crippen molar-refractivity contribution in [2.75, 3.05) is 24.7 Å². The van der Waals surface area contributed by atoms with Crippen molar-refractivity contribution in [2.24, 2.45) is 0 Å². The molecule has 1 saturated heterocycles. The molecule has 32 heavy (non-hydrogen) atoms. The molecule has 0 unspecified atom stereocenters. The van der Waals surface area contributed by atoms with E-state index in [1.807, 2.05) is 48.5 Å². The number of carbonyl (C=O) groups is 1. The number of hydrogen-bond acceptors (Lipinski definition) is 4.